The highest BCUT2D eigenvalue weighted by atomic mass is 16.5. The molecule has 1 aliphatic heterocycles. The molecule has 0 amide bonds. The van der Waals surface area contributed by atoms with Crippen LogP contribution in [0.1, 0.15) is 33.6 Å². The van der Waals surface area contributed by atoms with E-state index in [1.54, 1.807) is 0 Å². The zero-order valence-electron chi connectivity index (χ0n) is 10.7. The van der Waals surface area contributed by atoms with Crippen LogP contribution in [0.15, 0.2) is 12.2 Å². The summed E-state index contributed by atoms with van der Waals surface area (Å²) in [5.74, 6) is -0.236. The van der Waals surface area contributed by atoms with Crippen molar-refractivity contribution in [3.63, 3.8) is 0 Å². The summed E-state index contributed by atoms with van der Waals surface area (Å²) in [5.41, 5.74) is 0.487. The van der Waals surface area contributed by atoms with Crippen LogP contribution in [-0.4, -0.2) is 37.1 Å². The van der Waals surface area contributed by atoms with Crippen molar-refractivity contribution in [1.82, 2.24) is 4.90 Å². The number of esters is 1. The van der Waals surface area contributed by atoms with Crippen molar-refractivity contribution in [2.75, 3.05) is 26.2 Å². The Balaban J connectivity index is 2.22. The molecule has 1 fully saturated rings. The number of rotatable bonds is 4. The summed E-state index contributed by atoms with van der Waals surface area (Å²) in [4.78, 5) is 13.4. The van der Waals surface area contributed by atoms with Gasteiger partial charge in [-0.1, -0.05) is 19.9 Å². The minimum Gasteiger partial charge on any atom is -0.463 e. The fourth-order valence-corrected chi connectivity index (χ4v) is 1.83. The molecule has 1 saturated heterocycles. The lowest BCUT2D eigenvalue weighted by molar-refractivity contribution is -0.137. The molecule has 1 aliphatic rings. The second-order valence-electron chi connectivity index (χ2n) is 5.12. The first-order chi connectivity index (χ1) is 7.53. The van der Waals surface area contributed by atoms with Gasteiger partial charge in [-0.25, -0.2) is 4.79 Å². The number of ether oxygens (including phenoxy) is 1. The standard InChI is InChI=1S/C13H23NO2/c1-4-16-12(15)6-5-9-14-10-7-13(2,3)8-11-14/h5-6H,4,7-11H2,1-3H3/b6-5+. The molecule has 16 heavy (non-hydrogen) atoms. The molecular formula is C13H23NO2. The third kappa shape index (κ3) is 4.79. The maximum absolute atomic E-state index is 11.1. The molecule has 0 aromatic carbocycles. The smallest absolute Gasteiger partial charge is 0.330 e. The van der Waals surface area contributed by atoms with Crippen LogP contribution < -0.4 is 0 Å². The first kappa shape index (κ1) is 13.2. The van der Waals surface area contributed by atoms with Crippen molar-refractivity contribution >= 4 is 5.97 Å². The Labute approximate surface area is 98.5 Å². The van der Waals surface area contributed by atoms with Crippen LogP contribution in [0.3, 0.4) is 0 Å². The Bertz CT molecular complexity index is 249. The first-order valence-electron chi connectivity index (χ1n) is 6.09. The van der Waals surface area contributed by atoms with E-state index in [9.17, 15) is 4.79 Å². The Hall–Kier alpha value is -0.830. The van der Waals surface area contributed by atoms with Gasteiger partial charge < -0.3 is 4.74 Å². The quantitative estimate of drug-likeness (QED) is 0.543. The van der Waals surface area contributed by atoms with E-state index in [2.05, 4.69) is 18.7 Å². The van der Waals surface area contributed by atoms with Gasteiger partial charge in [-0.2, -0.15) is 0 Å². The molecule has 0 atom stereocenters. The van der Waals surface area contributed by atoms with Crippen LogP contribution >= 0.6 is 0 Å². The predicted molar refractivity (Wildman–Crippen MR) is 65.2 cm³/mol. The van der Waals surface area contributed by atoms with E-state index in [1.807, 2.05) is 13.0 Å². The summed E-state index contributed by atoms with van der Waals surface area (Å²) in [6.45, 7) is 10.0. The number of nitrogens with zero attached hydrogens (tertiary/aromatic N) is 1. The molecule has 0 saturated carbocycles. The van der Waals surface area contributed by atoms with Gasteiger partial charge in [0.1, 0.15) is 0 Å². The van der Waals surface area contributed by atoms with Gasteiger partial charge >= 0.3 is 5.97 Å². The minimum atomic E-state index is -0.236. The Morgan fingerprint density at radius 3 is 2.56 bits per heavy atom. The molecule has 3 heteroatoms. The van der Waals surface area contributed by atoms with Gasteiger partial charge in [0, 0.05) is 12.6 Å². The first-order valence-corrected chi connectivity index (χ1v) is 6.09. The monoisotopic (exact) mass is 225 g/mol. The lowest BCUT2D eigenvalue weighted by Gasteiger charge is -2.36. The largest absolute Gasteiger partial charge is 0.463 e. The number of carbonyl (C=O) groups is 1. The second kappa shape index (κ2) is 6.04. The Morgan fingerprint density at radius 2 is 2.00 bits per heavy atom. The van der Waals surface area contributed by atoms with Crippen molar-refractivity contribution in [2.24, 2.45) is 5.41 Å². The number of hydrogen-bond donors (Lipinski definition) is 0. The Kier molecular flexibility index (Phi) is 5.00. The molecule has 0 radical (unpaired) electrons. The average molecular weight is 225 g/mol. The van der Waals surface area contributed by atoms with Crippen molar-refractivity contribution in [3.05, 3.63) is 12.2 Å². The van der Waals surface area contributed by atoms with E-state index >= 15 is 0 Å². The van der Waals surface area contributed by atoms with Gasteiger partial charge in [0.05, 0.1) is 6.61 Å². The molecule has 0 unspecified atom stereocenters. The van der Waals surface area contributed by atoms with E-state index in [-0.39, 0.29) is 5.97 Å². The third-order valence-electron chi connectivity index (χ3n) is 3.11. The third-order valence-corrected chi connectivity index (χ3v) is 3.11. The average Bonchev–Trinajstić information content (AvgIpc) is 2.21. The molecule has 3 nitrogen and oxygen atoms in total. The highest BCUT2D eigenvalue weighted by Gasteiger charge is 2.24. The molecule has 0 spiro atoms. The minimum absolute atomic E-state index is 0.236. The van der Waals surface area contributed by atoms with E-state index in [1.165, 1.54) is 18.9 Å². The number of likely N-dealkylation sites (tertiary alicyclic amines) is 1. The molecular weight excluding hydrogens is 202 g/mol. The molecule has 0 N–H and O–H groups in total. The fourth-order valence-electron chi connectivity index (χ4n) is 1.83. The van der Waals surface area contributed by atoms with E-state index in [0.717, 1.165) is 19.6 Å². The van der Waals surface area contributed by atoms with Gasteiger partial charge in [-0.05, 0) is 38.3 Å². The topological polar surface area (TPSA) is 29.5 Å². The molecule has 0 aromatic rings. The molecule has 0 aliphatic carbocycles. The van der Waals surface area contributed by atoms with E-state index < -0.39 is 0 Å². The summed E-state index contributed by atoms with van der Waals surface area (Å²) in [7, 11) is 0. The van der Waals surface area contributed by atoms with Crippen LogP contribution in [0.5, 0.6) is 0 Å². The summed E-state index contributed by atoms with van der Waals surface area (Å²) < 4.78 is 4.82. The van der Waals surface area contributed by atoms with E-state index in [0.29, 0.717) is 12.0 Å². The Morgan fingerprint density at radius 1 is 1.38 bits per heavy atom. The lowest BCUT2D eigenvalue weighted by atomic mass is 9.83. The maximum atomic E-state index is 11.1. The predicted octanol–water partition coefficient (Wildman–Crippen LogP) is 2.23. The molecule has 92 valence electrons. The molecule has 0 bridgehead atoms. The second-order valence-corrected chi connectivity index (χ2v) is 5.12. The zero-order chi connectivity index (χ0) is 12.0. The van der Waals surface area contributed by atoms with Gasteiger partial charge in [0.2, 0.25) is 0 Å². The summed E-state index contributed by atoms with van der Waals surface area (Å²) in [5, 5.41) is 0. The summed E-state index contributed by atoms with van der Waals surface area (Å²) in [6, 6.07) is 0. The van der Waals surface area contributed by atoms with Gasteiger partial charge in [0.25, 0.3) is 0 Å². The lowest BCUT2D eigenvalue weighted by Crippen LogP contribution is -2.37. The normalized spacial score (nSPS) is 21.2. The van der Waals surface area contributed by atoms with Crippen LogP contribution in [0, 0.1) is 5.41 Å². The van der Waals surface area contributed by atoms with Crippen molar-refractivity contribution < 1.29 is 9.53 Å². The number of carbonyl (C=O) groups excluding carboxylic acids is 1. The number of hydrogen-bond acceptors (Lipinski definition) is 3. The maximum Gasteiger partial charge on any atom is 0.330 e. The van der Waals surface area contributed by atoms with Gasteiger partial charge in [0.15, 0.2) is 0 Å². The molecule has 1 heterocycles. The summed E-state index contributed by atoms with van der Waals surface area (Å²) in [6.07, 6.45) is 5.90. The van der Waals surface area contributed by atoms with Gasteiger partial charge in [-0.3, -0.25) is 4.90 Å². The van der Waals surface area contributed by atoms with Crippen LogP contribution in [-0.2, 0) is 9.53 Å². The van der Waals surface area contributed by atoms with Crippen molar-refractivity contribution in [2.45, 2.75) is 33.6 Å². The van der Waals surface area contributed by atoms with Crippen LogP contribution in [0.4, 0.5) is 0 Å². The highest BCUT2D eigenvalue weighted by Crippen LogP contribution is 2.29. The van der Waals surface area contributed by atoms with E-state index in [4.69, 9.17) is 4.74 Å². The zero-order valence-corrected chi connectivity index (χ0v) is 10.7. The van der Waals surface area contributed by atoms with Gasteiger partial charge in [-0.15, -0.1) is 0 Å². The molecule has 0 aromatic heterocycles. The SMILES string of the molecule is CCOC(=O)/C=C/CN1CCC(C)(C)CC1. The number of piperidine rings is 1. The molecule has 1 rings (SSSR count). The fraction of sp³-hybridized carbons (Fsp3) is 0.769. The van der Waals surface area contributed by atoms with Crippen LogP contribution in [0.2, 0.25) is 0 Å². The van der Waals surface area contributed by atoms with Crippen molar-refractivity contribution in [3.8, 4) is 0 Å². The van der Waals surface area contributed by atoms with Crippen LogP contribution in [0.25, 0.3) is 0 Å². The highest BCUT2D eigenvalue weighted by molar-refractivity contribution is 5.81. The summed E-state index contributed by atoms with van der Waals surface area (Å²) >= 11 is 0. The van der Waals surface area contributed by atoms with Crippen molar-refractivity contribution in [1.29, 1.82) is 0 Å².